The van der Waals surface area contributed by atoms with Crippen molar-refractivity contribution < 1.29 is 9.18 Å². The van der Waals surface area contributed by atoms with Gasteiger partial charge in [0.1, 0.15) is 0 Å². The Labute approximate surface area is 64.7 Å². The van der Waals surface area contributed by atoms with Gasteiger partial charge in [-0.2, -0.15) is 0 Å². The minimum absolute atomic E-state index is 0.495. The number of carbonyl (C=O) groups is 1. The van der Waals surface area contributed by atoms with Crippen molar-refractivity contribution in [2.75, 3.05) is 19.6 Å². The van der Waals surface area contributed by atoms with Gasteiger partial charge in [0, 0.05) is 6.54 Å². The van der Waals surface area contributed by atoms with E-state index in [1.54, 1.807) is 0 Å². The molecule has 0 aromatic heterocycles. The van der Waals surface area contributed by atoms with Crippen LogP contribution in [0.1, 0.15) is 6.42 Å². The highest BCUT2D eigenvalue weighted by atomic mass is 19.1. The van der Waals surface area contributed by atoms with Crippen molar-refractivity contribution >= 4 is 5.91 Å². The zero-order valence-corrected chi connectivity index (χ0v) is 6.22. The van der Waals surface area contributed by atoms with Gasteiger partial charge in [-0.25, -0.2) is 4.39 Å². The van der Waals surface area contributed by atoms with Gasteiger partial charge in [-0.3, -0.25) is 9.69 Å². The van der Waals surface area contributed by atoms with Crippen LogP contribution >= 0.6 is 0 Å². The Morgan fingerprint density at radius 1 is 1.64 bits per heavy atom. The molecule has 62 valence electrons. The lowest BCUT2D eigenvalue weighted by Gasteiger charge is -2.29. The third kappa shape index (κ3) is 2.31. The summed E-state index contributed by atoms with van der Waals surface area (Å²) in [6.45, 7) is 2.47. The fraction of sp³-hybridized carbons (Fsp3) is 0.571. The Morgan fingerprint density at radius 3 is 2.64 bits per heavy atom. The number of hydrogen-bond donors (Lipinski definition) is 1. The molecular weight excluding hydrogens is 147 g/mol. The van der Waals surface area contributed by atoms with Crippen molar-refractivity contribution in [3.63, 3.8) is 0 Å². The fourth-order valence-corrected chi connectivity index (χ4v) is 0.874. The van der Waals surface area contributed by atoms with Gasteiger partial charge in [0.2, 0.25) is 0 Å². The standard InChI is InChI=1S/C7H11FN2O/c8-6(7(9)11)2-5-10-3-1-4-10/h2H,1,3-5H2,(H2,9,11)/b6-2-. The van der Waals surface area contributed by atoms with E-state index in [1.807, 2.05) is 4.90 Å². The second-order valence-corrected chi connectivity index (χ2v) is 2.57. The minimum atomic E-state index is -0.981. The number of halogens is 1. The second kappa shape index (κ2) is 3.48. The van der Waals surface area contributed by atoms with Gasteiger partial charge in [0.25, 0.3) is 5.91 Å². The van der Waals surface area contributed by atoms with Crippen molar-refractivity contribution in [1.82, 2.24) is 4.90 Å². The summed E-state index contributed by atoms with van der Waals surface area (Å²) >= 11 is 0. The smallest absolute Gasteiger partial charge is 0.277 e. The highest BCUT2D eigenvalue weighted by Crippen LogP contribution is 2.05. The third-order valence-corrected chi connectivity index (χ3v) is 1.71. The molecule has 4 heteroatoms. The van der Waals surface area contributed by atoms with Gasteiger partial charge in [-0.15, -0.1) is 0 Å². The highest BCUT2D eigenvalue weighted by Gasteiger charge is 2.12. The van der Waals surface area contributed by atoms with Gasteiger partial charge in [0.05, 0.1) is 0 Å². The number of nitrogens with zero attached hydrogens (tertiary/aromatic N) is 1. The predicted molar refractivity (Wildman–Crippen MR) is 39.4 cm³/mol. The summed E-state index contributed by atoms with van der Waals surface area (Å²) in [6, 6.07) is 0. The molecule has 1 aliphatic heterocycles. The van der Waals surface area contributed by atoms with Crippen LogP contribution in [0.15, 0.2) is 11.9 Å². The summed E-state index contributed by atoms with van der Waals surface area (Å²) in [5.74, 6) is -1.82. The largest absolute Gasteiger partial charge is 0.364 e. The Kier molecular flexibility index (Phi) is 2.59. The van der Waals surface area contributed by atoms with E-state index in [9.17, 15) is 9.18 Å². The van der Waals surface area contributed by atoms with E-state index >= 15 is 0 Å². The number of rotatable bonds is 3. The third-order valence-electron chi connectivity index (χ3n) is 1.71. The first-order valence-electron chi connectivity index (χ1n) is 3.58. The molecule has 11 heavy (non-hydrogen) atoms. The monoisotopic (exact) mass is 158 g/mol. The first-order chi connectivity index (χ1) is 5.20. The summed E-state index contributed by atoms with van der Waals surface area (Å²) in [5, 5.41) is 0. The molecule has 0 radical (unpaired) electrons. The lowest BCUT2D eigenvalue weighted by molar-refractivity contribution is -0.115. The second-order valence-electron chi connectivity index (χ2n) is 2.57. The number of primary amides is 1. The minimum Gasteiger partial charge on any atom is -0.364 e. The number of carbonyl (C=O) groups excluding carboxylic acids is 1. The molecule has 0 atom stereocenters. The van der Waals surface area contributed by atoms with Crippen LogP contribution in [0.3, 0.4) is 0 Å². The molecule has 0 aromatic carbocycles. The zero-order chi connectivity index (χ0) is 8.27. The fourth-order valence-electron chi connectivity index (χ4n) is 0.874. The molecule has 0 bridgehead atoms. The van der Waals surface area contributed by atoms with Gasteiger partial charge in [-0.1, -0.05) is 0 Å². The summed E-state index contributed by atoms with van der Waals surface area (Å²) < 4.78 is 12.4. The van der Waals surface area contributed by atoms with E-state index in [2.05, 4.69) is 5.73 Å². The maximum absolute atomic E-state index is 12.4. The Bertz CT molecular complexity index is 187. The molecule has 1 aliphatic rings. The molecule has 0 spiro atoms. The van der Waals surface area contributed by atoms with Crippen molar-refractivity contribution in [1.29, 1.82) is 0 Å². The molecule has 1 rings (SSSR count). The van der Waals surface area contributed by atoms with Crippen LogP contribution in [0.2, 0.25) is 0 Å². The molecule has 1 heterocycles. The quantitative estimate of drug-likeness (QED) is 0.589. The Balaban J connectivity index is 2.27. The molecule has 3 nitrogen and oxygen atoms in total. The van der Waals surface area contributed by atoms with Gasteiger partial charge >= 0.3 is 0 Å². The van der Waals surface area contributed by atoms with E-state index in [1.165, 1.54) is 6.08 Å². The van der Waals surface area contributed by atoms with Gasteiger partial charge in [0.15, 0.2) is 5.83 Å². The van der Waals surface area contributed by atoms with Crippen molar-refractivity contribution in [2.45, 2.75) is 6.42 Å². The topological polar surface area (TPSA) is 46.3 Å². The average Bonchev–Trinajstić information content (AvgIpc) is 1.83. The summed E-state index contributed by atoms with van der Waals surface area (Å²) in [4.78, 5) is 12.2. The SMILES string of the molecule is NC(=O)/C(F)=C/CN1CCC1. The van der Waals surface area contributed by atoms with Crippen LogP contribution in [0.4, 0.5) is 4.39 Å². The first kappa shape index (κ1) is 8.20. The molecule has 2 N–H and O–H groups in total. The first-order valence-corrected chi connectivity index (χ1v) is 3.58. The van der Waals surface area contributed by atoms with Crippen LogP contribution in [0, 0.1) is 0 Å². The summed E-state index contributed by atoms with van der Waals surface area (Å²) in [5.41, 5.74) is 4.68. The van der Waals surface area contributed by atoms with E-state index < -0.39 is 11.7 Å². The Morgan fingerprint density at radius 2 is 2.27 bits per heavy atom. The van der Waals surface area contributed by atoms with E-state index in [4.69, 9.17) is 0 Å². The summed E-state index contributed by atoms with van der Waals surface area (Å²) in [6.07, 6.45) is 2.38. The average molecular weight is 158 g/mol. The maximum atomic E-state index is 12.4. The predicted octanol–water partition coefficient (Wildman–Crippen LogP) is 0.0308. The number of nitrogens with two attached hydrogens (primary N) is 1. The van der Waals surface area contributed by atoms with E-state index in [0.29, 0.717) is 6.54 Å². The number of hydrogen-bond acceptors (Lipinski definition) is 2. The van der Waals surface area contributed by atoms with Crippen LogP contribution in [0.25, 0.3) is 0 Å². The molecule has 1 fully saturated rings. The van der Waals surface area contributed by atoms with Crippen LogP contribution in [-0.4, -0.2) is 30.4 Å². The van der Waals surface area contributed by atoms with Crippen LogP contribution in [0.5, 0.6) is 0 Å². The molecule has 0 unspecified atom stereocenters. The Hall–Kier alpha value is -0.900. The molecular formula is C7H11FN2O. The highest BCUT2D eigenvalue weighted by molar-refractivity contribution is 5.89. The molecule has 1 amide bonds. The summed E-state index contributed by atoms with van der Waals surface area (Å²) in [7, 11) is 0. The maximum Gasteiger partial charge on any atom is 0.277 e. The van der Waals surface area contributed by atoms with E-state index in [-0.39, 0.29) is 0 Å². The molecule has 0 aliphatic carbocycles. The van der Waals surface area contributed by atoms with Crippen LogP contribution in [-0.2, 0) is 4.79 Å². The molecule has 1 saturated heterocycles. The molecule has 0 aromatic rings. The van der Waals surface area contributed by atoms with E-state index in [0.717, 1.165) is 19.5 Å². The number of amides is 1. The van der Waals surface area contributed by atoms with Gasteiger partial charge < -0.3 is 5.73 Å². The zero-order valence-electron chi connectivity index (χ0n) is 6.22. The van der Waals surface area contributed by atoms with Crippen LogP contribution < -0.4 is 5.73 Å². The van der Waals surface area contributed by atoms with Crippen molar-refractivity contribution in [3.05, 3.63) is 11.9 Å². The number of likely N-dealkylation sites (tertiary alicyclic amines) is 1. The molecule has 0 saturated carbocycles. The normalized spacial score (nSPS) is 19.5. The van der Waals surface area contributed by atoms with Crippen molar-refractivity contribution in [2.24, 2.45) is 5.73 Å². The van der Waals surface area contributed by atoms with Gasteiger partial charge in [-0.05, 0) is 25.6 Å². The lowest BCUT2D eigenvalue weighted by atomic mass is 10.2. The lowest BCUT2D eigenvalue weighted by Crippen LogP contribution is -2.37. The van der Waals surface area contributed by atoms with Crippen molar-refractivity contribution in [3.8, 4) is 0 Å².